The predicted molar refractivity (Wildman–Crippen MR) is 41.2 cm³/mol. The van der Waals surface area contributed by atoms with Gasteiger partial charge in [0.05, 0.1) is 0 Å². The highest BCUT2D eigenvalue weighted by molar-refractivity contribution is 4.48. The van der Waals surface area contributed by atoms with E-state index in [-0.39, 0.29) is 6.42 Å². The molecular weight excluding hydrogens is 144 g/mol. The smallest absolute Gasteiger partial charge is 0.307 e. The molecule has 0 aromatic carbocycles. The second-order valence-corrected chi connectivity index (χ2v) is 2.91. The lowest BCUT2D eigenvalue weighted by molar-refractivity contribution is -0.347. The zero-order chi connectivity index (χ0) is 8.74. The van der Waals surface area contributed by atoms with Crippen LogP contribution in [-0.2, 0) is 5.11 Å². The third-order valence-electron chi connectivity index (χ3n) is 1.61. The summed E-state index contributed by atoms with van der Waals surface area (Å²) in [5, 5.41) is 27.0. The molecule has 0 aliphatic rings. The summed E-state index contributed by atoms with van der Waals surface area (Å²) in [6, 6.07) is 0. The molecule has 0 aliphatic carbocycles. The van der Waals surface area contributed by atoms with Crippen LogP contribution >= 0.6 is 0 Å². The topological polar surface area (TPSA) is 60.4 Å². The fourth-order valence-electron chi connectivity index (χ4n) is 0.959. The van der Waals surface area contributed by atoms with Gasteiger partial charge in [-0.25, -0.2) is 0 Å². The first-order valence-corrected chi connectivity index (χ1v) is 4.21. The van der Waals surface area contributed by atoms with Crippen LogP contribution in [0.4, 0.5) is 0 Å². The lowest BCUT2D eigenvalue weighted by Gasteiger charge is -2.09. The lowest BCUT2D eigenvalue weighted by atomic mass is 10.1. The first-order valence-electron chi connectivity index (χ1n) is 4.21. The van der Waals surface area contributed by atoms with Gasteiger partial charge in [0.1, 0.15) is 0 Å². The molecule has 0 heterocycles. The second kappa shape index (κ2) is 5.52. The molecule has 2 N–H and O–H groups in total. The summed E-state index contributed by atoms with van der Waals surface area (Å²) in [5.41, 5.74) is 0. The van der Waals surface area contributed by atoms with E-state index in [9.17, 15) is 5.11 Å². The van der Waals surface area contributed by atoms with Gasteiger partial charge in [-0.1, -0.05) is 32.6 Å². The largest absolute Gasteiger partial charge is 0.342 e. The van der Waals surface area contributed by atoms with Crippen LogP contribution in [0.25, 0.3) is 0 Å². The quantitative estimate of drug-likeness (QED) is 0.457. The first-order chi connectivity index (χ1) is 5.06. The van der Waals surface area contributed by atoms with E-state index in [2.05, 4.69) is 6.92 Å². The van der Waals surface area contributed by atoms with Crippen LogP contribution in [0.1, 0.15) is 45.4 Å². The van der Waals surface area contributed by atoms with Gasteiger partial charge < -0.3 is 10.2 Å². The Morgan fingerprint density at radius 3 is 2.09 bits per heavy atom. The maximum Gasteiger partial charge on any atom is 0.307 e. The highest BCUT2D eigenvalue weighted by Gasteiger charge is 2.18. The number of hydrogen-bond acceptors (Lipinski definition) is 2. The third kappa shape index (κ3) is 9.88. The van der Waals surface area contributed by atoms with Gasteiger partial charge >= 0.3 is 5.97 Å². The lowest BCUT2D eigenvalue weighted by Crippen LogP contribution is -2.24. The van der Waals surface area contributed by atoms with E-state index in [1.165, 1.54) is 0 Å². The van der Waals surface area contributed by atoms with E-state index in [0.29, 0.717) is 6.42 Å². The Bertz CT molecular complexity index is 85.8. The average Bonchev–Trinajstić information content (AvgIpc) is 1.85. The number of rotatable bonds is 6. The van der Waals surface area contributed by atoms with Gasteiger partial charge in [0.25, 0.3) is 0 Å². The Kier molecular flexibility index (Phi) is 5.46. The molecule has 0 aromatic heterocycles. The summed E-state index contributed by atoms with van der Waals surface area (Å²) < 4.78 is 0. The summed E-state index contributed by atoms with van der Waals surface area (Å²) in [6.45, 7) is 2.11. The average molecular weight is 161 g/mol. The number of aliphatic hydroxyl groups is 2. The molecule has 0 saturated heterocycles. The Morgan fingerprint density at radius 2 is 1.64 bits per heavy atom. The Balaban J connectivity index is 3.02. The van der Waals surface area contributed by atoms with Gasteiger partial charge in [0.15, 0.2) is 0 Å². The molecule has 0 rings (SSSR count). The molecule has 0 aromatic rings. The maximum absolute atomic E-state index is 10.2. The molecule has 0 saturated carbocycles. The summed E-state index contributed by atoms with van der Waals surface area (Å²) in [7, 11) is 0. The fraction of sp³-hybridized carbons (Fsp3) is 1.00. The maximum atomic E-state index is 10.2. The molecular formula is C8H17O3. The molecule has 0 atom stereocenters. The van der Waals surface area contributed by atoms with Crippen LogP contribution in [0.5, 0.6) is 0 Å². The molecule has 3 nitrogen and oxygen atoms in total. The summed E-state index contributed by atoms with van der Waals surface area (Å²) in [6.07, 6.45) is 4.85. The van der Waals surface area contributed by atoms with Crippen molar-refractivity contribution in [1.29, 1.82) is 0 Å². The Hall–Kier alpha value is -0.120. The van der Waals surface area contributed by atoms with Gasteiger partial charge in [0, 0.05) is 6.42 Å². The molecule has 0 unspecified atom stereocenters. The highest BCUT2D eigenvalue weighted by Crippen LogP contribution is 2.10. The number of unbranched alkanes of at least 4 members (excludes halogenated alkanes) is 4. The van der Waals surface area contributed by atoms with Crippen molar-refractivity contribution in [3.8, 4) is 0 Å². The van der Waals surface area contributed by atoms with Crippen molar-refractivity contribution in [2.75, 3.05) is 0 Å². The van der Waals surface area contributed by atoms with Gasteiger partial charge in [-0.3, -0.25) is 0 Å². The molecule has 0 amide bonds. The minimum Gasteiger partial charge on any atom is -0.342 e. The van der Waals surface area contributed by atoms with Crippen molar-refractivity contribution in [1.82, 2.24) is 0 Å². The zero-order valence-electron chi connectivity index (χ0n) is 7.05. The molecule has 67 valence electrons. The fourth-order valence-corrected chi connectivity index (χ4v) is 0.959. The molecule has 0 spiro atoms. The molecule has 0 fully saturated rings. The Labute approximate surface area is 67.7 Å². The molecule has 1 radical (unpaired) electrons. The van der Waals surface area contributed by atoms with Gasteiger partial charge in [-0.2, -0.15) is 5.11 Å². The van der Waals surface area contributed by atoms with Gasteiger partial charge in [0.2, 0.25) is 0 Å². The van der Waals surface area contributed by atoms with Crippen molar-refractivity contribution in [2.24, 2.45) is 0 Å². The third-order valence-corrected chi connectivity index (χ3v) is 1.61. The SMILES string of the molecule is CCCCCCCC([O])(O)O. The van der Waals surface area contributed by atoms with Crippen LogP contribution in [0.15, 0.2) is 0 Å². The first kappa shape index (κ1) is 10.9. The van der Waals surface area contributed by atoms with Crippen molar-refractivity contribution >= 4 is 0 Å². The van der Waals surface area contributed by atoms with Crippen LogP contribution in [0.2, 0.25) is 0 Å². The van der Waals surface area contributed by atoms with E-state index < -0.39 is 5.97 Å². The zero-order valence-corrected chi connectivity index (χ0v) is 7.05. The Morgan fingerprint density at radius 1 is 1.09 bits per heavy atom. The van der Waals surface area contributed by atoms with Crippen molar-refractivity contribution in [3.05, 3.63) is 0 Å². The highest BCUT2D eigenvalue weighted by atomic mass is 16.7. The normalized spacial score (nSPS) is 12.0. The minimum atomic E-state index is -2.70. The molecule has 0 bridgehead atoms. The second-order valence-electron chi connectivity index (χ2n) is 2.91. The summed E-state index contributed by atoms with van der Waals surface area (Å²) in [5.74, 6) is -2.70. The minimum absolute atomic E-state index is 0.0588. The summed E-state index contributed by atoms with van der Waals surface area (Å²) in [4.78, 5) is 0. The summed E-state index contributed by atoms with van der Waals surface area (Å²) >= 11 is 0. The molecule has 3 heteroatoms. The van der Waals surface area contributed by atoms with E-state index in [1.54, 1.807) is 0 Å². The van der Waals surface area contributed by atoms with Gasteiger partial charge in [-0.15, -0.1) is 0 Å². The van der Waals surface area contributed by atoms with E-state index in [0.717, 1.165) is 25.7 Å². The van der Waals surface area contributed by atoms with Crippen molar-refractivity contribution in [2.45, 2.75) is 51.4 Å². The van der Waals surface area contributed by atoms with Gasteiger partial charge in [-0.05, 0) is 6.42 Å². The van der Waals surface area contributed by atoms with Crippen LogP contribution < -0.4 is 0 Å². The molecule has 0 aliphatic heterocycles. The standard InChI is InChI=1S/C8H17O3/c1-2-3-4-5-6-7-8(9,10)11/h9-10H,2-7H2,1H3. The van der Waals surface area contributed by atoms with Crippen LogP contribution in [0.3, 0.4) is 0 Å². The monoisotopic (exact) mass is 161 g/mol. The van der Waals surface area contributed by atoms with Crippen molar-refractivity contribution < 1.29 is 15.3 Å². The number of hydrogen-bond donors (Lipinski definition) is 2. The van der Waals surface area contributed by atoms with Crippen LogP contribution in [-0.4, -0.2) is 16.2 Å². The van der Waals surface area contributed by atoms with E-state index >= 15 is 0 Å². The van der Waals surface area contributed by atoms with E-state index in [1.807, 2.05) is 0 Å². The van der Waals surface area contributed by atoms with Crippen molar-refractivity contribution in [3.63, 3.8) is 0 Å². The molecule has 11 heavy (non-hydrogen) atoms. The van der Waals surface area contributed by atoms with E-state index in [4.69, 9.17) is 10.2 Å². The van der Waals surface area contributed by atoms with Crippen LogP contribution in [0, 0.1) is 0 Å². The predicted octanol–water partition coefficient (Wildman–Crippen LogP) is 1.42.